The predicted molar refractivity (Wildman–Crippen MR) is 96.9 cm³/mol. The molecule has 0 spiro atoms. The Morgan fingerprint density at radius 1 is 1.32 bits per heavy atom. The van der Waals surface area contributed by atoms with Crippen LogP contribution < -0.4 is 10.1 Å². The summed E-state index contributed by atoms with van der Waals surface area (Å²) in [7, 11) is 3.07. The standard InChI is InChI=1S/C17H25ClN2O5/c1-17(2,3)25-16(23)20(4)8-6-7-19-13-10-14(24-5)11(15(21)22)9-12(13)18/h9-10,19H,6-8H2,1-5H3,(H,21,22). The normalized spacial score (nSPS) is 11.0. The Morgan fingerprint density at radius 2 is 1.96 bits per heavy atom. The number of hydrogen-bond donors (Lipinski definition) is 2. The van der Waals surface area contributed by atoms with Crippen LogP contribution in [0, 0.1) is 0 Å². The summed E-state index contributed by atoms with van der Waals surface area (Å²) in [6.07, 6.45) is 0.285. The van der Waals surface area contributed by atoms with E-state index in [-0.39, 0.29) is 17.4 Å². The number of nitrogens with one attached hydrogen (secondary N) is 1. The summed E-state index contributed by atoms with van der Waals surface area (Å²) in [5.74, 6) is -0.880. The van der Waals surface area contributed by atoms with E-state index >= 15 is 0 Å². The molecule has 25 heavy (non-hydrogen) atoms. The number of rotatable bonds is 7. The average molecular weight is 373 g/mol. The first kappa shape index (κ1) is 20.9. The van der Waals surface area contributed by atoms with Gasteiger partial charge in [-0.3, -0.25) is 0 Å². The Bertz CT molecular complexity index is 628. The van der Waals surface area contributed by atoms with E-state index in [0.717, 1.165) is 0 Å². The lowest BCUT2D eigenvalue weighted by Gasteiger charge is -2.24. The number of carboxylic acids is 1. The Labute approximate surface area is 152 Å². The molecule has 0 bridgehead atoms. The van der Waals surface area contributed by atoms with Gasteiger partial charge in [-0.1, -0.05) is 11.6 Å². The topological polar surface area (TPSA) is 88.1 Å². The zero-order valence-electron chi connectivity index (χ0n) is 15.2. The fourth-order valence-electron chi connectivity index (χ4n) is 2.00. The molecule has 1 aromatic carbocycles. The van der Waals surface area contributed by atoms with Crippen LogP contribution >= 0.6 is 11.6 Å². The zero-order chi connectivity index (χ0) is 19.2. The number of hydrogen-bond acceptors (Lipinski definition) is 5. The molecule has 1 rings (SSSR count). The quantitative estimate of drug-likeness (QED) is 0.709. The summed E-state index contributed by atoms with van der Waals surface area (Å²) in [6, 6.07) is 2.89. The number of carbonyl (C=O) groups excluding carboxylic acids is 1. The van der Waals surface area contributed by atoms with Crippen LogP contribution in [-0.4, -0.2) is 54.9 Å². The lowest BCUT2D eigenvalue weighted by Crippen LogP contribution is -2.35. The maximum Gasteiger partial charge on any atom is 0.410 e. The molecule has 0 aromatic heterocycles. The number of amides is 1. The first-order chi connectivity index (χ1) is 11.5. The second-order valence-corrected chi connectivity index (χ2v) is 6.93. The minimum atomic E-state index is -1.11. The maximum absolute atomic E-state index is 11.9. The second-order valence-electron chi connectivity index (χ2n) is 6.52. The number of methoxy groups -OCH3 is 1. The Kier molecular flexibility index (Phi) is 7.36. The smallest absolute Gasteiger partial charge is 0.410 e. The summed E-state index contributed by atoms with van der Waals surface area (Å²) in [5.41, 5.74) is 0.0469. The van der Waals surface area contributed by atoms with Crippen LogP contribution in [0.15, 0.2) is 12.1 Å². The van der Waals surface area contributed by atoms with Gasteiger partial charge >= 0.3 is 12.1 Å². The predicted octanol–water partition coefficient (Wildman–Crippen LogP) is 3.72. The van der Waals surface area contributed by atoms with Crippen molar-refractivity contribution < 1.29 is 24.2 Å². The van der Waals surface area contributed by atoms with E-state index in [1.54, 1.807) is 13.1 Å². The molecule has 0 aliphatic rings. The first-order valence-electron chi connectivity index (χ1n) is 7.84. The fourth-order valence-corrected chi connectivity index (χ4v) is 2.23. The number of carbonyl (C=O) groups is 2. The van der Waals surface area contributed by atoms with Gasteiger partial charge in [0.1, 0.15) is 16.9 Å². The Balaban J connectivity index is 2.57. The summed E-state index contributed by atoms with van der Waals surface area (Å²) in [5, 5.41) is 12.5. The molecule has 0 saturated heterocycles. The van der Waals surface area contributed by atoms with Crippen molar-refractivity contribution in [3.8, 4) is 5.75 Å². The lowest BCUT2D eigenvalue weighted by atomic mass is 10.1. The Morgan fingerprint density at radius 3 is 2.48 bits per heavy atom. The van der Waals surface area contributed by atoms with Gasteiger partial charge in [-0.15, -0.1) is 0 Å². The SMILES string of the molecule is COc1cc(NCCCN(C)C(=O)OC(C)(C)C)c(Cl)cc1C(=O)O. The molecule has 0 radical (unpaired) electrons. The van der Waals surface area contributed by atoms with E-state index in [9.17, 15) is 9.59 Å². The second kappa shape index (κ2) is 8.80. The molecular weight excluding hydrogens is 348 g/mol. The van der Waals surface area contributed by atoms with Crippen LogP contribution in [0.4, 0.5) is 10.5 Å². The molecule has 8 heteroatoms. The van der Waals surface area contributed by atoms with Crippen LogP contribution in [0.25, 0.3) is 0 Å². The third-order valence-electron chi connectivity index (χ3n) is 3.21. The number of aromatic carboxylic acids is 1. The van der Waals surface area contributed by atoms with Gasteiger partial charge in [0.25, 0.3) is 0 Å². The van der Waals surface area contributed by atoms with Gasteiger partial charge in [0.2, 0.25) is 0 Å². The van der Waals surface area contributed by atoms with E-state index in [2.05, 4.69) is 5.32 Å². The molecule has 1 aromatic rings. The molecule has 0 unspecified atom stereocenters. The van der Waals surface area contributed by atoms with Gasteiger partial charge < -0.3 is 24.8 Å². The molecule has 2 N–H and O–H groups in total. The minimum Gasteiger partial charge on any atom is -0.496 e. The monoisotopic (exact) mass is 372 g/mol. The Hall–Kier alpha value is -2.15. The van der Waals surface area contributed by atoms with E-state index in [0.29, 0.717) is 30.2 Å². The van der Waals surface area contributed by atoms with E-state index in [1.165, 1.54) is 18.1 Å². The van der Waals surface area contributed by atoms with E-state index in [1.807, 2.05) is 20.8 Å². The maximum atomic E-state index is 11.9. The molecule has 0 aliphatic heterocycles. The molecule has 0 fully saturated rings. The van der Waals surface area contributed by atoms with Crippen LogP contribution in [-0.2, 0) is 4.74 Å². The molecule has 0 saturated carbocycles. The summed E-state index contributed by atoms with van der Waals surface area (Å²) < 4.78 is 10.3. The highest BCUT2D eigenvalue weighted by molar-refractivity contribution is 6.33. The molecule has 0 heterocycles. The summed E-state index contributed by atoms with van der Waals surface area (Å²) in [6.45, 7) is 6.50. The van der Waals surface area contributed by atoms with Crippen LogP contribution in [0.3, 0.4) is 0 Å². The van der Waals surface area contributed by atoms with Crippen molar-refractivity contribution in [3.05, 3.63) is 22.7 Å². The van der Waals surface area contributed by atoms with Crippen LogP contribution in [0.1, 0.15) is 37.6 Å². The molecule has 7 nitrogen and oxygen atoms in total. The number of halogens is 1. The van der Waals surface area contributed by atoms with Crippen molar-refractivity contribution in [2.45, 2.75) is 32.8 Å². The third-order valence-corrected chi connectivity index (χ3v) is 3.52. The molecule has 0 atom stereocenters. The molecular formula is C17H25ClN2O5. The molecule has 1 amide bonds. The highest BCUT2D eigenvalue weighted by Crippen LogP contribution is 2.31. The first-order valence-corrected chi connectivity index (χ1v) is 8.21. The minimum absolute atomic E-state index is 0.00251. The van der Waals surface area contributed by atoms with Crippen LogP contribution in [0.2, 0.25) is 5.02 Å². The van der Waals surface area contributed by atoms with Gasteiger partial charge in [0, 0.05) is 26.2 Å². The van der Waals surface area contributed by atoms with Crippen LogP contribution in [0.5, 0.6) is 5.75 Å². The van der Waals surface area contributed by atoms with Crippen molar-refractivity contribution in [1.29, 1.82) is 0 Å². The number of carboxylic acid groups (broad SMARTS) is 1. The highest BCUT2D eigenvalue weighted by atomic mass is 35.5. The number of benzene rings is 1. The van der Waals surface area contributed by atoms with Gasteiger partial charge in [-0.2, -0.15) is 0 Å². The fraction of sp³-hybridized carbons (Fsp3) is 0.529. The number of anilines is 1. The van der Waals surface area contributed by atoms with Crippen molar-refractivity contribution >= 4 is 29.4 Å². The number of ether oxygens (including phenoxy) is 2. The summed E-state index contributed by atoms with van der Waals surface area (Å²) >= 11 is 6.10. The highest BCUT2D eigenvalue weighted by Gasteiger charge is 2.19. The van der Waals surface area contributed by atoms with Crippen molar-refractivity contribution in [2.75, 3.05) is 32.6 Å². The van der Waals surface area contributed by atoms with Crippen molar-refractivity contribution in [3.63, 3.8) is 0 Å². The molecule has 140 valence electrons. The summed E-state index contributed by atoms with van der Waals surface area (Å²) in [4.78, 5) is 24.5. The van der Waals surface area contributed by atoms with Gasteiger partial charge in [0.05, 0.1) is 17.8 Å². The van der Waals surface area contributed by atoms with Crippen molar-refractivity contribution in [1.82, 2.24) is 4.90 Å². The van der Waals surface area contributed by atoms with Gasteiger partial charge in [-0.25, -0.2) is 9.59 Å². The van der Waals surface area contributed by atoms with Gasteiger partial charge in [-0.05, 0) is 33.3 Å². The molecule has 0 aliphatic carbocycles. The lowest BCUT2D eigenvalue weighted by molar-refractivity contribution is 0.0298. The average Bonchev–Trinajstić information content (AvgIpc) is 2.50. The van der Waals surface area contributed by atoms with Crippen molar-refractivity contribution in [2.24, 2.45) is 0 Å². The van der Waals surface area contributed by atoms with E-state index < -0.39 is 11.6 Å². The zero-order valence-corrected chi connectivity index (χ0v) is 15.9. The largest absolute Gasteiger partial charge is 0.496 e. The van der Waals surface area contributed by atoms with E-state index in [4.69, 9.17) is 26.2 Å². The van der Waals surface area contributed by atoms with Gasteiger partial charge in [0.15, 0.2) is 0 Å². The third kappa shape index (κ3) is 6.70. The number of nitrogens with zero attached hydrogens (tertiary/aromatic N) is 1.